The van der Waals surface area contributed by atoms with Crippen molar-refractivity contribution >= 4 is 50.0 Å². The Morgan fingerprint density at radius 1 is 1.11 bits per heavy atom. The minimum atomic E-state index is -3.32. The Bertz CT molecular complexity index is 1100. The van der Waals surface area contributed by atoms with E-state index in [2.05, 4.69) is 9.82 Å². The molecule has 1 atom stereocenters. The maximum atomic E-state index is 13.0. The van der Waals surface area contributed by atoms with Gasteiger partial charge in [-0.25, -0.2) is 13.4 Å². The Labute approximate surface area is 171 Å². The first kappa shape index (κ1) is 18.9. The van der Waals surface area contributed by atoms with Crippen molar-refractivity contribution in [2.75, 3.05) is 11.0 Å². The van der Waals surface area contributed by atoms with Gasteiger partial charge in [-0.15, -0.1) is 22.7 Å². The van der Waals surface area contributed by atoms with Gasteiger partial charge in [-0.3, -0.25) is 9.52 Å². The molecule has 0 bridgehead atoms. The Kier molecular flexibility index (Phi) is 5.05. The third-order valence-corrected chi connectivity index (χ3v) is 6.68. The number of benzene rings is 1. The molecule has 1 aliphatic heterocycles. The maximum absolute atomic E-state index is 13.0. The molecule has 0 radical (unpaired) electrons. The zero-order chi connectivity index (χ0) is 19.7. The minimum Gasteiger partial charge on any atom is -0.284 e. The fourth-order valence-electron chi connectivity index (χ4n) is 3.03. The summed E-state index contributed by atoms with van der Waals surface area (Å²) in [6.45, 7) is 0. The Morgan fingerprint density at radius 3 is 2.43 bits per heavy atom. The molecule has 144 valence electrons. The van der Waals surface area contributed by atoms with Crippen LogP contribution in [0.4, 0.5) is 5.69 Å². The molecule has 1 aliphatic rings. The largest absolute Gasteiger partial charge is 0.284 e. The highest BCUT2D eigenvalue weighted by molar-refractivity contribution is 7.92. The second-order valence-electron chi connectivity index (χ2n) is 6.36. The fraction of sp³-hybridized carbons (Fsp3) is 0.158. The molecule has 9 heteroatoms. The van der Waals surface area contributed by atoms with Gasteiger partial charge in [0, 0.05) is 17.0 Å². The lowest BCUT2D eigenvalue weighted by atomic mass is 10.0. The third kappa shape index (κ3) is 4.01. The normalized spacial score (nSPS) is 16.8. The summed E-state index contributed by atoms with van der Waals surface area (Å²) in [4.78, 5) is 14.7. The fourth-order valence-corrected chi connectivity index (χ4v) is 5.06. The van der Waals surface area contributed by atoms with Crippen molar-refractivity contribution in [3.05, 3.63) is 74.6 Å². The highest BCUT2D eigenvalue weighted by Crippen LogP contribution is 2.36. The van der Waals surface area contributed by atoms with Gasteiger partial charge in [-0.1, -0.05) is 24.3 Å². The van der Waals surface area contributed by atoms with E-state index in [4.69, 9.17) is 0 Å². The van der Waals surface area contributed by atoms with E-state index in [0.717, 1.165) is 22.4 Å². The molecule has 1 N–H and O–H groups in total. The van der Waals surface area contributed by atoms with Gasteiger partial charge < -0.3 is 0 Å². The van der Waals surface area contributed by atoms with Crippen LogP contribution < -0.4 is 4.72 Å². The van der Waals surface area contributed by atoms with Gasteiger partial charge in [0.05, 0.1) is 22.9 Å². The minimum absolute atomic E-state index is 0.112. The van der Waals surface area contributed by atoms with Crippen LogP contribution >= 0.6 is 22.7 Å². The van der Waals surface area contributed by atoms with Crippen LogP contribution in [0.25, 0.3) is 0 Å². The van der Waals surface area contributed by atoms with Crippen molar-refractivity contribution < 1.29 is 13.2 Å². The topological polar surface area (TPSA) is 78.8 Å². The summed E-state index contributed by atoms with van der Waals surface area (Å²) in [5, 5.41) is 10.1. The molecule has 3 aromatic rings. The number of carbonyl (C=O) groups excluding carboxylic acids is 1. The molecule has 0 unspecified atom stereocenters. The number of nitrogens with one attached hydrogen (secondary N) is 1. The predicted molar refractivity (Wildman–Crippen MR) is 114 cm³/mol. The number of rotatable bonds is 5. The quantitative estimate of drug-likeness (QED) is 0.658. The third-order valence-electron chi connectivity index (χ3n) is 4.24. The molecule has 4 rings (SSSR count). The number of anilines is 1. The van der Waals surface area contributed by atoms with E-state index in [-0.39, 0.29) is 11.9 Å². The summed E-state index contributed by atoms with van der Waals surface area (Å²) in [6, 6.07) is 14.5. The van der Waals surface area contributed by atoms with Crippen molar-refractivity contribution in [1.82, 2.24) is 5.01 Å². The smallest absolute Gasteiger partial charge is 0.284 e. The first-order chi connectivity index (χ1) is 13.4. The molecule has 0 saturated heterocycles. The summed E-state index contributed by atoms with van der Waals surface area (Å²) >= 11 is 3.00. The lowest BCUT2D eigenvalue weighted by Gasteiger charge is -2.19. The Hall–Kier alpha value is -2.49. The lowest BCUT2D eigenvalue weighted by molar-refractivity contribution is 0.0719. The maximum Gasteiger partial charge on any atom is 0.284 e. The van der Waals surface area contributed by atoms with Crippen molar-refractivity contribution in [1.29, 1.82) is 0 Å². The molecular weight excluding hydrogens is 414 g/mol. The number of nitrogens with zero attached hydrogens (tertiary/aromatic N) is 2. The monoisotopic (exact) mass is 431 g/mol. The number of hydrazone groups is 1. The van der Waals surface area contributed by atoms with E-state index in [0.29, 0.717) is 17.0 Å². The summed E-state index contributed by atoms with van der Waals surface area (Å²) in [5.74, 6) is -0.112. The predicted octanol–water partition coefficient (Wildman–Crippen LogP) is 4.17. The first-order valence-corrected chi connectivity index (χ1v) is 12.1. The van der Waals surface area contributed by atoms with Crippen LogP contribution in [-0.2, 0) is 10.0 Å². The van der Waals surface area contributed by atoms with Crippen LogP contribution in [0.2, 0.25) is 0 Å². The van der Waals surface area contributed by atoms with E-state index in [1.54, 1.807) is 34.5 Å². The molecule has 28 heavy (non-hydrogen) atoms. The molecule has 6 nitrogen and oxygen atoms in total. The van der Waals surface area contributed by atoms with Crippen molar-refractivity contribution in [2.24, 2.45) is 5.10 Å². The molecule has 0 spiro atoms. The van der Waals surface area contributed by atoms with Crippen molar-refractivity contribution in [3.8, 4) is 0 Å². The van der Waals surface area contributed by atoms with Crippen LogP contribution in [0.15, 0.2) is 64.4 Å². The van der Waals surface area contributed by atoms with Gasteiger partial charge in [0.25, 0.3) is 5.91 Å². The zero-order valence-electron chi connectivity index (χ0n) is 14.9. The molecule has 0 aliphatic carbocycles. The summed E-state index contributed by atoms with van der Waals surface area (Å²) in [6.07, 6.45) is 1.72. The number of amides is 1. The molecule has 3 heterocycles. The van der Waals surface area contributed by atoms with Gasteiger partial charge in [-0.05, 0) is 40.6 Å². The molecule has 0 saturated carbocycles. The first-order valence-electron chi connectivity index (χ1n) is 8.47. The number of thiophene rings is 2. The molecular formula is C19H17N3O3S3. The van der Waals surface area contributed by atoms with Gasteiger partial charge in [0.1, 0.15) is 0 Å². The lowest BCUT2D eigenvalue weighted by Crippen LogP contribution is -2.25. The van der Waals surface area contributed by atoms with E-state index < -0.39 is 10.0 Å². The number of sulfonamides is 1. The molecule has 1 amide bonds. The van der Waals surface area contributed by atoms with Crippen LogP contribution in [0.1, 0.15) is 32.6 Å². The van der Waals surface area contributed by atoms with E-state index in [1.165, 1.54) is 11.3 Å². The molecule has 1 aromatic carbocycles. The molecule has 2 aromatic heterocycles. The van der Waals surface area contributed by atoms with Gasteiger partial charge >= 0.3 is 0 Å². The number of carbonyl (C=O) groups is 1. The second-order valence-corrected chi connectivity index (χ2v) is 10.0. The second kappa shape index (κ2) is 7.50. The zero-order valence-corrected chi connectivity index (χ0v) is 17.4. The van der Waals surface area contributed by atoms with E-state index in [9.17, 15) is 13.2 Å². The number of hydrogen-bond acceptors (Lipinski definition) is 6. The summed E-state index contributed by atoms with van der Waals surface area (Å²) in [5.41, 5.74) is 2.16. The van der Waals surface area contributed by atoms with Crippen molar-refractivity contribution in [3.63, 3.8) is 0 Å². The Morgan fingerprint density at radius 2 is 1.82 bits per heavy atom. The highest BCUT2D eigenvalue weighted by Gasteiger charge is 2.34. The summed E-state index contributed by atoms with van der Waals surface area (Å²) in [7, 11) is -3.32. The highest BCUT2D eigenvalue weighted by atomic mass is 32.2. The Balaban J connectivity index is 1.64. The standard InChI is InChI=1S/C19H17N3O3S3/c1-28(24,25)21-14-8-6-13(7-9-14)15-12-16(17-4-2-10-26-17)22(20-15)19(23)18-5-3-11-27-18/h2-11,16,21H,12H2,1H3/t16-/m0/s1. The van der Waals surface area contributed by atoms with Crippen LogP contribution in [0, 0.1) is 0 Å². The van der Waals surface area contributed by atoms with Crippen LogP contribution in [0.5, 0.6) is 0 Å². The van der Waals surface area contributed by atoms with Crippen LogP contribution in [0.3, 0.4) is 0 Å². The summed E-state index contributed by atoms with van der Waals surface area (Å²) < 4.78 is 25.2. The average molecular weight is 432 g/mol. The van der Waals surface area contributed by atoms with E-state index >= 15 is 0 Å². The van der Waals surface area contributed by atoms with E-state index in [1.807, 2.05) is 41.1 Å². The van der Waals surface area contributed by atoms with Crippen LogP contribution in [-0.4, -0.2) is 31.3 Å². The van der Waals surface area contributed by atoms with Crippen molar-refractivity contribution in [2.45, 2.75) is 12.5 Å². The number of hydrogen-bond donors (Lipinski definition) is 1. The van der Waals surface area contributed by atoms with Gasteiger partial charge in [-0.2, -0.15) is 5.10 Å². The van der Waals surface area contributed by atoms with Gasteiger partial charge in [0.2, 0.25) is 10.0 Å². The SMILES string of the molecule is CS(=O)(=O)Nc1ccc(C2=NN(C(=O)c3cccs3)[C@H](c3cccs3)C2)cc1. The molecule has 0 fully saturated rings. The average Bonchev–Trinajstić information content (AvgIpc) is 3.40. The van der Waals surface area contributed by atoms with Gasteiger partial charge in [0.15, 0.2) is 0 Å².